The molecule has 1 aliphatic rings. The number of rotatable bonds is 1. The first-order chi connectivity index (χ1) is 7.58. The van der Waals surface area contributed by atoms with Gasteiger partial charge >= 0.3 is 6.03 Å². The van der Waals surface area contributed by atoms with Crippen LogP contribution in [0.4, 0.5) is 13.6 Å². The molecule has 2 amide bonds. The van der Waals surface area contributed by atoms with E-state index in [-0.39, 0.29) is 5.92 Å². The van der Waals surface area contributed by atoms with E-state index in [1.807, 2.05) is 0 Å². The summed E-state index contributed by atoms with van der Waals surface area (Å²) in [5, 5.41) is 0. The maximum atomic E-state index is 13.0. The maximum Gasteiger partial charge on any atom is 0.314 e. The lowest BCUT2D eigenvalue weighted by atomic mass is 9.98. The van der Waals surface area contributed by atoms with Crippen molar-refractivity contribution >= 4 is 6.03 Å². The fourth-order valence-electron chi connectivity index (χ4n) is 2.00. The minimum atomic E-state index is -0.853. The fraction of sp³-hybridized carbons (Fsp3) is 0.364. The lowest BCUT2D eigenvalue weighted by molar-refractivity contribution is 0.218. The number of primary amides is 1. The number of hydrogen-bond acceptors (Lipinski definition) is 1. The van der Waals surface area contributed by atoms with Gasteiger partial charge in [-0.2, -0.15) is 0 Å². The van der Waals surface area contributed by atoms with Crippen LogP contribution in [-0.2, 0) is 0 Å². The molecule has 1 atom stereocenters. The summed E-state index contributed by atoms with van der Waals surface area (Å²) in [6, 6.07) is 3.38. The van der Waals surface area contributed by atoms with Crippen molar-refractivity contribution in [2.75, 3.05) is 13.1 Å². The molecule has 1 fully saturated rings. The highest BCUT2D eigenvalue weighted by molar-refractivity contribution is 5.72. The van der Waals surface area contributed by atoms with E-state index in [0.717, 1.165) is 12.5 Å². The lowest BCUT2D eigenvalue weighted by Gasteiger charge is -2.13. The minimum absolute atomic E-state index is 0.0441. The fourth-order valence-corrected chi connectivity index (χ4v) is 2.00. The van der Waals surface area contributed by atoms with E-state index in [4.69, 9.17) is 5.73 Å². The van der Waals surface area contributed by atoms with Crippen molar-refractivity contribution in [3.8, 4) is 0 Å². The van der Waals surface area contributed by atoms with Crippen molar-refractivity contribution in [3.63, 3.8) is 0 Å². The van der Waals surface area contributed by atoms with Crippen molar-refractivity contribution in [2.24, 2.45) is 5.73 Å². The number of carbonyl (C=O) groups excluding carboxylic acids is 1. The number of likely N-dealkylation sites (tertiary alicyclic amines) is 1. The lowest BCUT2D eigenvalue weighted by Crippen LogP contribution is -2.33. The van der Waals surface area contributed by atoms with Crippen LogP contribution < -0.4 is 5.73 Å². The second-order valence-electron chi connectivity index (χ2n) is 3.94. The van der Waals surface area contributed by atoms with Gasteiger partial charge < -0.3 is 10.6 Å². The molecule has 5 heteroatoms. The topological polar surface area (TPSA) is 46.3 Å². The van der Waals surface area contributed by atoms with E-state index in [1.165, 1.54) is 11.0 Å². The zero-order valence-electron chi connectivity index (χ0n) is 8.62. The van der Waals surface area contributed by atoms with E-state index in [2.05, 4.69) is 0 Å². The molecule has 0 spiro atoms. The van der Waals surface area contributed by atoms with Crippen molar-refractivity contribution < 1.29 is 13.6 Å². The summed E-state index contributed by atoms with van der Waals surface area (Å²) >= 11 is 0. The van der Waals surface area contributed by atoms with E-state index in [1.54, 1.807) is 6.07 Å². The molecule has 0 bridgehead atoms. The van der Waals surface area contributed by atoms with Gasteiger partial charge in [0.05, 0.1) is 0 Å². The first-order valence-electron chi connectivity index (χ1n) is 5.07. The van der Waals surface area contributed by atoms with Gasteiger partial charge in [-0.05, 0) is 24.1 Å². The monoisotopic (exact) mass is 226 g/mol. The Morgan fingerprint density at radius 2 is 2.12 bits per heavy atom. The Labute approximate surface area is 91.8 Å². The van der Waals surface area contributed by atoms with Gasteiger partial charge in [0.2, 0.25) is 0 Å². The molecular weight excluding hydrogens is 214 g/mol. The Bertz CT molecular complexity index is 422. The van der Waals surface area contributed by atoms with Gasteiger partial charge in [0.15, 0.2) is 11.6 Å². The summed E-state index contributed by atoms with van der Waals surface area (Å²) in [4.78, 5) is 12.4. The molecule has 86 valence electrons. The summed E-state index contributed by atoms with van der Waals surface area (Å²) in [5.74, 6) is -1.66. The summed E-state index contributed by atoms with van der Waals surface area (Å²) in [7, 11) is 0. The molecule has 1 heterocycles. The number of nitrogens with zero attached hydrogens (tertiary/aromatic N) is 1. The molecule has 1 aromatic rings. The average Bonchev–Trinajstić information content (AvgIpc) is 2.71. The van der Waals surface area contributed by atoms with Gasteiger partial charge in [-0.15, -0.1) is 0 Å². The molecule has 1 aromatic carbocycles. The molecule has 2 rings (SSSR count). The van der Waals surface area contributed by atoms with Crippen molar-refractivity contribution in [2.45, 2.75) is 12.3 Å². The quantitative estimate of drug-likeness (QED) is 0.780. The third-order valence-corrected chi connectivity index (χ3v) is 2.91. The Hall–Kier alpha value is -1.65. The number of amides is 2. The zero-order valence-corrected chi connectivity index (χ0v) is 8.62. The van der Waals surface area contributed by atoms with Crippen LogP contribution in [0.2, 0.25) is 0 Å². The van der Waals surface area contributed by atoms with E-state index in [0.29, 0.717) is 18.7 Å². The normalized spacial score (nSPS) is 20.1. The SMILES string of the molecule is NC(=O)N1CC[C@H](c2ccc(F)c(F)c2)C1. The highest BCUT2D eigenvalue weighted by Gasteiger charge is 2.26. The first kappa shape index (κ1) is 10.9. The molecule has 0 aromatic heterocycles. The van der Waals surface area contributed by atoms with Gasteiger partial charge in [-0.3, -0.25) is 0 Å². The number of carbonyl (C=O) groups is 1. The number of hydrogen-bond donors (Lipinski definition) is 1. The number of halogens is 2. The highest BCUT2D eigenvalue weighted by atomic mass is 19.2. The molecule has 0 saturated carbocycles. The van der Waals surface area contributed by atoms with Crippen LogP contribution in [0.3, 0.4) is 0 Å². The molecule has 0 unspecified atom stereocenters. The van der Waals surface area contributed by atoms with Gasteiger partial charge in [0.25, 0.3) is 0 Å². The molecule has 2 N–H and O–H groups in total. The van der Waals surface area contributed by atoms with E-state index in [9.17, 15) is 13.6 Å². The summed E-state index contributed by atoms with van der Waals surface area (Å²) in [6.07, 6.45) is 0.730. The first-order valence-corrected chi connectivity index (χ1v) is 5.07. The summed E-state index contributed by atoms with van der Waals surface area (Å²) in [6.45, 7) is 1.04. The maximum absolute atomic E-state index is 13.0. The molecule has 1 saturated heterocycles. The third-order valence-electron chi connectivity index (χ3n) is 2.91. The molecule has 0 aliphatic carbocycles. The summed E-state index contributed by atoms with van der Waals surface area (Å²) < 4.78 is 25.7. The largest absolute Gasteiger partial charge is 0.351 e. The van der Waals surface area contributed by atoms with E-state index < -0.39 is 17.7 Å². The molecular formula is C11H12F2N2O. The van der Waals surface area contributed by atoms with Crippen LogP contribution in [0.15, 0.2) is 18.2 Å². The summed E-state index contributed by atoms with van der Waals surface area (Å²) in [5.41, 5.74) is 5.86. The minimum Gasteiger partial charge on any atom is -0.351 e. The smallest absolute Gasteiger partial charge is 0.314 e. The van der Waals surface area contributed by atoms with Crippen LogP contribution in [0.5, 0.6) is 0 Å². The number of nitrogens with two attached hydrogens (primary N) is 1. The number of benzene rings is 1. The average molecular weight is 226 g/mol. The second-order valence-corrected chi connectivity index (χ2v) is 3.94. The van der Waals surface area contributed by atoms with Crippen molar-refractivity contribution in [1.82, 2.24) is 4.90 Å². The van der Waals surface area contributed by atoms with Crippen LogP contribution in [0.1, 0.15) is 17.9 Å². The molecule has 16 heavy (non-hydrogen) atoms. The van der Waals surface area contributed by atoms with Crippen LogP contribution in [0, 0.1) is 11.6 Å². The predicted octanol–water partition coefficient (Wildman–Crippen LogP) is 1.83. The molecule has 3 nitrogen and oxygen atoms in total. The van der Waals surface area contributed by atoms with E-state index >= 15 is 0 Å². The van der Waals surface area contributed by atoms with Gasteiger partial charge in [-0.1, -0.05) is 6.07 Å². The number of urea groups is 1. The molecule has 1 aliphatic heterocycles. The van der Waals surface area contributed by atoms with Gasteiger partial charge in [0, 0.05) is 19.0 Å². The Morgan fingerprint density at radius 1 is 1.38 bits per heavy atom. The standard InChI is InChI=1S/C11H12F2N2O/c12-9-2-1-7(5-10(9)13)8-3-4-15(6-8)11(14)16/h1-2,5,8H,3-4,6H2,(H2,14,16)/t8-/m0/s1. The van der Waals surface area contributed by atoms with Crippen LogP contribution >= 0.6 is 0 Å². The van der Waals surface area contributed by atoms with Crippen molar-refractivity contribution in [3.05, 3.63) is 35.4 Å². The van der Waals surface area contributed by atoms with Crippen molar-refractivity contribution in [1.29, 1.82) is 0 Å². The van der Waals surface area contributed by atoms with Gasteiger partial charge in [-0.25, -0.2) is 13.6 Å². The van der Waals surface area contributed by atoms with Crippen LogP contribution in [-0.4, -0.2) is 24.0 Å². The second kappa shape index (κ2) is 4.08. The zero-order chi connectivity index (χ0) is 11.7. The Balaban J connectivity index is 2.14. The highest BCUT2D eigenvalue weighted by Crippen LogP contribution is 2.27. The Kier molecular flexibility index (Phi) is 2.77. The predicted molar refractivity (Wildman–Crippen MR) is 54.9 cm³/mol. The molecule has 0 radical (unpaired) electrons. The third kappa shape index (κ3) is 1.98. The Morgan fingerprint density at radius 3 is 2.69 bits per heavy atom. The van der Waals surface area contributed by atoms with Gasteiger partial charge in [0.1, 0.15) is 0 Å². The van der Waals surface area contributed by atoms with Crippen LogP contribution in [0.25, 0.3) is 0 Å².